The minimum absolute atomic E-state index is 0.404. The fourth-order valence-corrected chi connectivity index (χ4v) is 12.3. The van der Waals surface area contributed by atoms with Crippen molar-refractivity contribution in [2.75, 3.05) is 9.13 Å². The van der Waals surface area contributed by atoms with Gasteiger partial charge in [0, 0.05) is 22.8 Å². The Bertz CT molecular complexity index is 1050. The largest absolute Gasteiger partial charge is 0.421 e. The van der Waals surface area contributed by atoms with Gasteiger partial charge in [0.2, 0.25) is 0 Å². The van der Waals surface area contributed by atoms with E-state index in [4.69, 9.17) is 0 Å². The van der Waals surface area contributed by atoms with Gasteiger partial charge in [0.15, 0.2) is 0 Å². The van der Waals surface area contributed by atoms with Gasteiger partial charge in [0.1, 0.15) is 0 Å². The molecule has 1 aliphatic rings. The fourth-order valence-electron chi connectivity index (χ4n) is 4.98. The quantitative estimate of drug-likeness (QED) is 0.239. The zero-order chi connectivity index (χ0) is 25.5. The highest BCUT2D eigenvalue weighted by Gasteiger charge is 2.50. The standard InChI is InChI=1S/C29H40Br2N2Si/c1-18(2)24-13-11-14-25(19(3)4)28(24)32-22(9)17-23(10)33(34(32,30)31)29-26(20(5)6)15-12-16-27(29)21(7)8/h11-21H,9H2,1-8,10H3. The molecule has 184 valence electrons. The van der Waals surface area contributed by atoms with Crippen LogP contribution in [0.25, 0.3) is 0 Å². The Morgan fingerprint density at radius 1 is 0.647 bits per heavy atom. The average molecular weight is 605 g/mol. The molecule has 0 unspecified atom stereocenters. The predicted octanol–water partition coefficient (Wildman–Crippen LogP) is 10.1. The third-order valence-electron chi connectivity index (χ3n) is 6.69. The van der Waals surface area contributed by atoms with E-state index in [0.717, 1.165) is 5.70 Å². The summed E-state index contributed by atoms with van der Waals surface area (Å²) in [7, 11) is 0. The summed E-state index contributed by atoms with van der Waals surface area (Å²) in [6.45, 7) is 25.1. The zero-order valence-electron chi connectivity index (χ0n) is 22.2. The first-order valence-corrected chi connectivity index (χ1v) is 18.8. The molecule has 0 N–H and O–H groups in total. The number of allylic oxidation sites excluding steroid dienone is 2. The van der Waals surface area contributed by atoms with Crippen LogP contribution in [0.2, 0.25) is 0 Å². The number of hydrogen-bond donors (Lipinski definition) is 0. The van der Waals surface area contributed by atoms with Crippen molar-refractivity contribution in [3.63, 3.8) is 0 Å². The van der Waals surface area contributed by atoms with Gasteiger partial charge >= 0.3 is 5.64 Å². The fraction of sp³-hybridized carbons (Fsp3) is 0.448. The molecule has 0 aromatic heterocycles. The molecule has 0 aliphatic carbocycles. The minimum atomic E-state index is -2.64. The van der Waals surface area contributed by atoms with Gasteiger partial charge in [-0.2, -0.15) is 0 Å². The number of benzene rings is 2. The lowest BCUT2D eigenvalue weighted by molar-refractivity contribution is 0.824. The Balaban J connectivity index is 2.38. The first-order chi connectivity index (χ1) is 15.8. The Labute approximate surface area is 224 Å². The summed E-state index contributed by atoms with van der Waals surface area (Å²) in [6.07, 6.45) is 2.25. The molecule has 1 aliphatic heterocycles. The molecule has 2 aromatic rings. The number of nitrogens with zero attached hydrogens (tertiary/aromatic N) is 2. The SMILES string of the molecule is C=C1C=C(C)N(c2c(C(C)C)cccc2C(C)C)[Si](Br)(Br)N1c1c(C(C)C)cccc1C(C)C. The minimum Gasteiger partial charge on any atom is -0.336 e. The van der Waals surface area contributed by atoms with E-state index in [1.807, 2.05) is 0 Å². The summed E-state index contributed by atoms with van der Waals surface area (Å²) in [5.41, 5.74) is 7.69. The highest BCUT2D eigenvalue weighted by molar-refractivity contribution is 9.51. The first kappa shape index (κ1) is 27.3. The Hall–Kier alpha value is -1.30. The summed E-state index contributed by atoms with van der Waals surface area (Å²) in [4.78, 5) is 0. The second kappa shape index (κ2) is 10.4. The van der Waals surface area contributed by atoms with Crippen molar-refractivity contribution >= 4 is 47.6 Å². The summed E-state index contributed by atoms with van der Waals surface area (Å²) in [6, 6.07) is 13.6. The molecule has 0 atom stereocenters. The van der Waals surface area contributed by atoms with Crippen molar-refractivity contribution in [1.29, 1.82) is 0 Å². The lowest BCUT2D eigenvalue weighted by Crippen LogP contribution is -2.60. The molecule has 0 radical (unpaired) electrons. The van der Waals surface area contributed by atoms with Crippen LogP contribution in [-0.4, -0.2) is 5.64 Å². The van der Waals surface area contributed by atoms with Crippen LogP contribution in [0.5, 0.6) is 0 Å². The molecule has 0 amide bonds. The number of rotatable bonds is 6. The summed E-state index contributed by atoms with van der Waals surface area (Å²) in [5, 5.41) is 0. The zero-order valence-corrected chi connectivity index (χ0v) is 26.4. The summed E-state index contributed by atoms with van der Waals surface area (Å²) >= 11 is 8.64. The van der Waals surface area contributed by atoms with E-state index in [0.29, 0.717) is 23.7 Å². The van der Waals surface area contributed by atoms with Gasteiger partial charge in [-0.1, -0.05) is 129 Å². The van der Waals surface area contributed by atoms with Crippen LogP contribution in [0.4, 0.5) is 11.4 Å². The monoisotopic (exact) mass is 602 g/mol. The van der Waals surface area contributed by atoms with Gasteiger partial charge in [-0.05, 0) is 58.9 Å². The molecule has 2 nitrogen and oxygen atoms in total. The van der Waals surface area contributed by atoms with Crippen molar-refractivity contribution in [2.45, 2.75) is 86.0 Å². The van der Waals surface area contributed by atoms with Crippen molar-refractivity contribution in [2.24, 2.45) is 0 Å². The Morgan fingerprint density at radius 3 is 1.29 bits per heavy atom. The third kappa shape index (κ3) is 4.85. The highest BCUT2D eigenvalue weighted by Crippen LogP contribution is 2.51. The Kier molecular flexibility index (Phi) is 8.31. The number of para-hydroxylation sites is 2. The molecule has 5 heteroatoms. The first-order valence-electron chi connectivity index (χ1n) is 12.4. The number of anilines is 2. The molecule has 0 fully saturated rings. The molecule has 34 heavy (non-hydrogen) atoms. The van der Waals surface area contributed by atoms with E-state index in [1.54, 1.807) is 0 Å². The normalized spacial score (nSPS) is 16.3. The molecule has 1 heterocycles. The van der Waals surface area contributed by atoms with Crippen molar-refractivity contribution in [3.8, 4) is 0 Å². The van der Waals surface area contributed by atoms with E-state index in [-0.39, 0.29) is 0 Å². The van der Waals surface area contributed by atoms with Gasteiger partial charge in [-0.25, -0.2) is 0 Å². The van der Waals surface area contributed by atoms with E-state index in [1.165, 1.54) is 39.3 Å². The second-order valence-corrected chi connectivity index (χ2v) is 22.4. The topological polar surface area (TPSA) is 6.48 Å². The molecular formula is C29H40Br2N2Si. The van der Waals surface area contributed by atoms with Gasteiger partial charge < -0.3 is 9.13 Å². The van der Waals surface area contributed by atoms with Crippen molar-refractivity contribution in [3.05, 3.63) is 82.7 Å². The van der Waals surface area contributed by atoms with Crippen molar-refractivity contribution in [1.82, 2.24) is 0 Å². The highest BCUT2D eigenvalue weighted by atomic mass is 79.9. The van der Waals surface area contributed by atoms with E-state index in [9.17, 15) is 0 Å². The summed E-state index contributed by atoms with van der Waals surface area (Å²) in [5.74, 6) is 1.64. The van der Waals surface area contributed by atoms with E-state index < -0.39 is 5.64 Å². The number of halogens is 2. The maximum atomic E-state index is 4.56. The molecule has 0 saturated heterocycles. The maximum Gasteiger partial charge on any atom is 0.421 e. The molecule has 0 spiro atoms. The lowest BCUT2D eigenvalue weighted by atomic mass is 9.92. The molecule has 3 rings (SSSR count). The van der Waals surface area contributed by atoms with Crippen molar-refractivity contribution < 1.29 is 0 Å². The van der Waals surface area contributed by atoms with Gasteiger partial charge in [0.05, 0.1) is 0 Å². The van der Waals surface area contributed by atoms with Crippen LogP contribution < -0.4 is 9.13 Å². The van der Waals surface area contributed by atoms with Crippen LogP contribution in [-0.2, 0) is 0 Å². The second-order valence-electron chi connectivity index (χ2n) is 10.6. The van der Waals surface area contributed by atoms with Gasteiger partial charge in [-0.3, -0.25) is 0 Å². The van der Waals surface area contributed by atoms with Crippen LogP contribution >= 0.6 is 30.6 Å². The molecule has 2 aromatic carbocycles. The number of hydrogen-bond acceptors (Lipinski definition) is 2. The Morgan fingerprint density at radius 2 is 0.971 bits per heavy atom. The van der Waals surface area contributed by atoms with Crippen LogP contribution in [0.1, 0.15) is 108 Å². The van der Waals surface area contributed by atoms with Gasteiger partial charge in [-0.15, -0.1) is 0 Å². The maximum absolute atomic E-state index is 4.56. The molecule has 0 bridgehead atoms. The van der Waals surface area contributed by atoms with Crippen LogP contribution in [0, 0.1) is 0 Å². The van der Waals surface area contributed by atoms with E-state index >= 15 is 0 Å². The van der Waals surface area contributed by atoms with Crippen LogP contribution in [0.15, 0.2) is 60.4 Å². The summed E-state index contributed by atoms with van der Waals surface area (Å²) < 4.78 is 5.03. The van der Waals surface area contributed by atoms with E-state index in [2.05, 4.69) is 151 Å². The third-order valence-corrected chi connectivity index (χ3v) is 13.1. The molecule has 0 saturated carbocycles. The molecular weight excluding hydrogens is 564 g/mol. The lowest BCUT2D eigenvalue weighted by Gasteiger charge is -2.50. The predicted molar refractivity (Wildman–Crippen MR) is 161 cm³/mol. The smallest absolute Gasteiger partial charge is 0.336 e. The van der Waals surface area contributed by atoms with Gasteiger partial charge in [0.25, 0.3) is 0 Å². The average Bonchev–Trinajstić information content (AvgIpc) is 2.72. The van der Waals surface area contributed by atoms with Crippen LogP contribution in [0.3, 0.4) is 0 Å².